The molecule has 0 N–H and O–H groups in total. The van der Waals surface area contributed by atoms with E-state index in [1.54, 1.807) is 0 Å². The normalized spacial score (nSPS) is 8.33. The van der Waals surface area contributed by atoms with Gasteiger partial charge in [-0.25, -0.2) is 0 Å². The monoisotopic (exact) mass is 174 g/mol. The molecule has 0 aromatic heterocycles. The van der Waals surface area contributed by atoms with Gasteiger partial charge in [0.1, 0.15) is 0 Å². The number of fused-ring (bicyclic) bond motifs is 1. The third-order valence-corrected chi connectivity index (χ3v) is 1.66. The molecule has 2 aromatic rings. The fourth-order valence-electron chi connectivity index (χ4n) is 1.13. The van der Waals surface area contributed by atoms with Crippen molar-refractivity contribution in [3.63, 3.8) is 0 Å². The number of benzene rings is 2. The predicted molar refractivity (Wildman–Crippen MR) is 43.9 cm³/mol. The maximum Gasteiger partial charge on any atom is 1.00 e. The van der Waals surface area contributed by atoms with Crippen LogP contribution in [0.1, 0.15) is 0 Å². The second-order valence-electron chi connectivity index (χ2n) is 2.35. The minimum atomic E-state index is 0. The molecular formula is C10H8Na2+2. The molecule has 2 heteroatoms. The Morgan fingerprint density at radius 3 is 1.00 bits per heavy atom. The van der Waals surface area contributed by atoms with Crippen LogP contribution in [-0.2, 0) is 0 Å². The van der Waals surface area contributed by atoms with Gasteiger partial charge in [0, 0.05) is 0 Å². The van der Waals surface area contributed by atoms with E-state index in [9.17, 15) is 0 Å². The first-order valence-corrected chi connectivity index (χ1v) is 3.40. The van der Waals surface area contributed by atoms with Gasteiger partial charge in [-0.05, 0) is 10.8 Å². The van der Waals surface area contributed by atoms with E-state index < -0.39 is 0 Å². The average Bonchev–Trinajstić information content (AvgIpc) is 2.05. The van der Waals surface area contributed by atoms with Crippen molar-refractivity contribution in [2.24, 2.45) is 0 Å². The topological polar surface area (TPSA) is 0 Å². The Morgan fingerprint density at radius 1 is 0.500 bits per heavy atom. The summed E-state index contributed by atoms with van der Waals surface area (Å²) in [7, 11) is 0. The van der Waals surface area contributed by atoms with Crippen LogP contribution in [0.3, 0.4) is 0 Å². The van der Waals surface area contributed by atoms with Crippen molar-refractivity contribution in [1.29, 1.82) is 0 Å². The summed E-state index contributed by atoms with van der Waals surface area (Å²) in [6.07, 6.45) is 0. The standard InChI is InChI=1S/C10H8.2Na/c1-2-6-10-8-4-3-7-9(10)5-1;;/h1-8H;;/q;2*+1. The van der Waals surface area contributed by atoms with Gasteiger partial charge in [0.05, 0.1) is 0 Å². The van der Waals surface area contributed by atoms with Gasteiger partial charge in [-0.2, -0.15) is 0 Å². The number of hydrogen-bond acceptors (Lipinski definition) is 0. The minimum absolute atomic E-state index is 0. The molecular weight excluding hydrogens is 166 g/mol. The van der Waals surface area contributed by atoms with Crippen LogP contribution in [-0.4, -0.2) is 0 Å². The van der Waals surface area contributed by atoms with Gasteiger partial charge in [-0.3, -0.25) is 0 Å². The van der Waals surface area contributed by atoms with Gasteiger partial charge < -0.3 is 0 Å². The van der Waals surface area contributed by atoms with Gasteiger partial charge in [-0.1, -0.05) is 48.5 Å². The summed E-state index contributed by atoms with van der Waals surface area (Å²) in [4.78, 5) is 0. The van der Waals surface area contributed by atoms with E-state index in [2.05, 4.69) is 48.5 Å². The quantitative estimate of drug-likeness (QED) is 0.370. The summed E-state index contributed by atoms with van der Waals surface area (Å²) in [5.74, 6) is 0. The van der Waals surface area contributed by atoms with E-state index in [4.69, 9.17) is 0 Å². The van der Waals surface area contributed by atoms with Crippen molar-refractivity contribution >= 4 is 10.8 Å². The summed E-state index contributed by atoms with van der Waals surface area (Å²) in [5, 5.41) is 2.62. The molecule has 0 nitrogen and oxygen atoms in total. The van der Waals surface area contributed by atoms with Gasteiger partial charge in [0.2, 0.25) is 0 Å². The zero-order valence-corrected chi connectivity index (χ0v) is 11.6. The fraction of sp³-hybridized carbons (Fsp3) is 0. The molecule has 48 valence electrons. The molecule has 0 bridgehead atoms. The first-order chi connectivity index (χ1) is 4.97. The molecule has 0 aliphatic rings. The molecule has 0 aliphatic heterocycles. The van der Waals surface area contributed by atoms with Crippen molar-refractivity contribution in [3.05, 3.63) is 48.5 Å². The van der Waals surface area contributed by atoms with Gasteiger partial charge in [0.25, 0.3) is 0 Å². The predicted octanol–water partition coefficient (Wildman–Crippen LogP) is -3.15. The molecule has 0 amide bonds. The van der Waals surface area contributed by atoms with Crippen LogP contribution in [0, 0.1) is 0 Å². The number of hydrogen-bond donors (Lipinski definition) is 0. The van der Waals surface area contributed by atoms with Gasteiger partial charge in [-0.15, -0.1) is 0 Å². The Morgan fingerprint density at radius 2 is 0.750 bits per heavy atom. The molecule has 0 atom stereocenters. The Labute approximate surface area is 117 Å². The summed E-state index contributed by atoms with van der Waals surface area (Å²) in [6, 6.07) is 16.7. The summed E-state index contributed by atoms with van der Waals surface area (Å²) >= 11 is 0. The first-order valence-electron chi connectivity index (χ1n) is 3.40. The zero-order valence-electron chi connectivity index (χ0n) is 7.62. The third kappa shape index (κ3) is 2.88. The van der Waals surface area contributed by atoms with Gasteiger partial charge >= 0.3 is 59.1 Å². The van der Waals surface area contributed by atoms with Crippen LogP contribution in [0.2, 0.25) is 0 Å². The Hall–Kier alpha value is 0.700. The van der Waals surface area contributed by atoms with Crippen LogP contribution in [0.15, 0.2) is 48.5 Å². The zero-order chi connectivity index (χ0) is 6.81. The van der Waals surface area contributed by atoms with E-state index in [1.807, 2.05) is 0 Å². The van der Waals surface area contributed by atoms with Gasteiger partial charge in [0.15, 0.2) is 0 Å². The number of rotatable bonds is 0. The second kappa shape index (κ2) is 6.20. The Bertz CT molecular complexity index is 279. The maximum atomic E-state index is 2.12. The summed E-state index contributed by atoms with van der Waals surface area (Å²) in [6.45, 7) is 0. The molecule has 2 rings (SSSR count). The average molecular weight is 174 g/mol. The molecule has 0 heterocycles. The molecule has 0 radical (unpaired) electrons. The van der Waals surface area contributed by atoms with E-state index in [1.165, 1.54) is 10.8 Å². The summed E-state index contributed by atoms with van der Waals surface area (Å²) < 4.78 is 0. The van der Waals surface area contributed by atoms with Crippen molar-refractivity contribution in [2.75, 3.05) is 0 Å². The van der Waals surface area contributed by atoms with E-state index in [0.29, 0.717) is 0 Å². The van der Waals surface area contributed by atoms with Crippen molar-refractivity contribution in [2.45, 2.75) is 0 Å². The molecule has 0 unspecified atom stereocenters. The van der Waals surface area contributed by atoms with E-state index in [0.717, 1.165) is 0 Å². The SMILES string of the molecule is [Na+].[Na+].c1ccc2ccccc2c1. The van der Waals surface area contributed by atoms with Crippen molar-refractivity contribution < 1.29 is 59.1 Å². The van der Waals surface area contributed by atoms with Crippen LogP contribution in [0.5, 0.6) is 0 Å². The molecule has 12 heavy (non-hydrogen) atoms. The minimum Gasteiger partial charge on any atom is -0.0616 e. The second-order valence-corrected chi connectivity index (χ2v) is 2.35. The maximum absolute atomic E-state index is 2.12. The molecule has 0 fully saturated rings. The Kier molecular flexibility index (Phi) is 6.56. The van der Waals surface area contributed by atoms with Crippen molar-refractivity contribution in [3.8, 4) is 0 Å². The van der Waals surface area contributed by atoms with E-state index in [-0.39, 0.29) is 59.1 Å². The molecule has 2 aromatic carbocycles. The Balaban J connectivity index is 0.000000605. The van der Waals surface area contributed by atoms with Crippen LogP contribution in [0.4, 0.5) is 0 Å². The first kappa shape index (κ1) is 12.7. The van der Waals surface area contributed by atoms with Crippen LogP contribution >= 0.6 is 0 Å². The third-order valence-electron chi connectivity index (χ3n) is 1.66. The fourth-order valence-corrected chi connectivity index (χ4v) is 1.13. The van der Waals surface area contributed by atoms with Crippen LogP contribution < -0.4 is 59.1 Å². The van der Waals surface area contributed by atoms with Crippen molar-refractivity contribution in [1.82, 2.24) is 0 Å². The molecule has 0 saturated carbocycles. The van der Waals surface area contributed by atoms with Crippen LogP contribution in [0.25, 0.3) is 10.8 Å². The smallest absolute Gasteiger partial charge is 0.0616 e. The largest absolute Gasteiger partial charge is 1.00 e. The summed E-state index contributed by atoms with van der Waals surface area (Å²) in [5.41, 5.74) is 0. The molecule has 0 saturated heterocycles. The van der Waals surface area contributed by atoms with E-state index >= 15 is 0 Å². The molecule has 0 aliphatic carbocycles. The molecule has 0 spiro atoms.